The first kappa shape index (κ1) is 17.8. The van der Waals surface area contributed by atoms with Crippen LogP contribution in [0.5, 0.6) is 0 Å². The highest BCUT2D eigenvalue weighted by Crippen LogP contribution is 2.40. The van der Waals surface area contributed by atoms with Crippen molar-refractivity contribution in [1.82, 2.24) is 19.5 Å². The average molecular weight is 388 g/mol. The predicted molar refractivity (Wildman–Crippen MR) is 114 cm³/mol. The summed E-state index contributed by atoms with van der Waals surface area (Å²) in [6.45, 7) is 2.10. The highest BCUT2D eigenvalue weighted by atomic mass is 15.4. The molecule has 1 saturated carbocycles. The molecule has 2 N–H and O–H groups in total. The number of rotatable bonds is 4. The van der Waals surface area contributed by atoms with E-state index in [4.69, 9.17) is 15.8 Å². The molecule has 5 rings (SSSR count). The molecule has 2 aliphatic rings. The Labute approximate surface area is 169 Å². The SMILES string of the molecule is CCC1C(=N)N(C=N)c2cnc(-n3cnc4ccccc43)nc2N1C1CCCC1. The van der Waals surface area contributed by atoms with Gasteiger partial charge in [0.2, 0.25) is 5.95 Å². The van der Waals surface area contributed by atoms with Crippen LogP contribution in [0.4, 0.5) is 11.5 Å². The number of para-hydroxylation sites is 2. The van der Waals surface area contributed by atoms with Gasteiger partial charge in [-0.25, -0.2) is 9.97 Å². The third-order valence-corrected chi connectivity index (χ3v) is 6.06. The van der Waals surface area contributed by atoms with Crippen LogP contribution in [0.3, 0.4) is 0 Å². The van der Waals surface area contributed by atoms with Crippen LogP contribution in [0, 0.1) is 10.8 Å². The van der Waals surface area contributed by atoms with E-state index in [0.29, 0.717) is 23.5 Å². The maximum atomic E-state index is 8.69. The minimum absolute atomic E-state index is 0.0884. The summed E-state index contributed by atoms with van der Waals surface area (Å²) in [5.41, 5.74) is 2.56. The van der Waals surface area contributed by atoms with Crippen molar-refractivity contribution in [1.29, 1.82) is 10.8 Å². The van der Waals surface area contributed by atoms with Crippen molar-refractivity contribution in [2.45, 2.75) is 51.1 Å². The molecular weight excluding hydrogens is 364 g/mol. The molecular formula is C21H24N8. The first-order valence-corrected chi connectivity index (χ1v) is 10.2. The maximum Gasteiger partial charge on any atom is 0.237 e. The molecule has 8 heteroatoms. The van der Waals surface area contributed by atoms with Crippen molar-refractivity contribution in [2.75, 3.05) is 9.80 Å². The quantitative estimate of drug-likeness (QED) is 0.524. The second-order valence-corrected chi connectivity index (χ2v) is 7.64. The molecule has 3 heterocycles. The molecule has 0 bridgehead atoms. The van der Waals surface area contributed by atoms with Crippen molar-refractivity contribution in [3.63, 3.8) is 0 Å². The number of aromatic nitrogens is 4. The third-order valence-electron chi connectivity index (χ3n) is 6.06. The minimum atomic E-state index is -0.0884. The smallest absolute Gasteiger partial charge is 0.237 e. The highest BCUT2D eigenvalue weighted by molar-refractivity contribution is 6.16. The van der Waals surface area contributed by atoms with Gasteiger partial charge in [0, 0.05) is 6.04 Å². The van der Waals surface area contributed by atoms with Crippen LogP contribution in [0.15, 0.2) is 36.8 Å². The number of anilines is 2. The van der Waals surface area contributed by atoms with Crippen molar-refractivity contribution in [2.24, 2.45) is 0 Å². The lowest BCUT2D eigenvalue weighted by Crippen LogP contribution is -2.56. The van der Waals surface area contributed by atoms with Crippen molar-refractivity contribution in [3.8, 4) is 5.95 Å². The average Bonchev–Trinajstić information content (AvgIpc) is 3.42. The van der Waals surface area contributed by atoms with Crippen LogP contribution in [0.1, 0.15) is 39.0 Å². The summed E-state index contributed by atoms with van der Waals surface area (Å²) in [5, 5.41) is 16.6. The molecule has 1 atom stereocenters. The second-order valence-electron chi connectivity index (χ2n) is 7.64. The first-order valence-electron chi connectivity index (χ1n) is 10.2. The van der Waals surface area contributed by atoms with E-state index in [1.165, 1.54) is 19.2 Å². The zero-order valence-corrected chi connectivity index (χ0v) is 16.4. The summed E-state index contributed by atoms with van der Waals surface area (Å²) >= 11 is 0. The monoisotopic (exact) mass is 388 g/mol. The Morgan fingerprint density at radius 2 is 1.97 bits per heavy atom. The fraction of sp³-hybridized carbons (Fsp3) is 0.381. The molecule has 29 heavy (non-hydrogen) atoms. The second kappa shape index (κ2) is 6.95. The van der Waals surface area contributed by atoms with Crippen molar-refractivity contribution >= 4 is 34.7 Å². The van der Waals surface area contributed by atoms with Gasteiger partial charge in [-0.15, -0.1) is 0 Å². The third kappa shape index (κ3) is 2.70. The summed E-state index contributed by atoms with van der Waals surface area (Å²) in [7, 11) is 0. The Morgan fingerprint density at radius 1 is 1.17 bits per heavy atom. The molecule has 8 nitrogen and oxygen atoms in total. The molecule has 1 aliphatic carbocycles. The Morgan fingerprint density at radius 3 is 2.72 bits per heavy atom. The molecule has 1 aliphatic heterocycles. The number of amidine groups is 1. The van der Waals surface area contributed by atoms with Gasteiger partial charge >= 0.3 is 0 Å². The number of fused-ring (bicyclic) bond motifs is 2. The van der Waals surface area contributed by atoms with E-state index < -0.39 is 0 Å². The van der Waals surface area contributed by atoms with E-state index in [0.717, 1.165) is 36.1 Å². The number of hydrogen-bond acceptors (Lipinski definition) is 6. The van der Waals surface area contributed by atoms with Gasteiger partial charge in [0.05, 0.1) is 29.6 Å². The van der Waals surface area contributed by atoms with Gasteiger partial charge in [-0.1, -0.05) is 31.9 Å². The van der Waals surface area contributed by atoms with E-state index >= 15 is 0 Å². The number of benzene rings is 1. The molecule has 0 saturated heterocycles. The van der Waals surface area contributed by atoms with Crippen LogP contribution in [0.25, 0.3) is 17.0 Å². The van der Waals surface area contributed by atoms with Crippen LogP contribution < -0.4 is 9.80 Å². The van der Waals surface area contributed by atoms with E-state index in [-0.39, 0.29) is 6.04 Å². The topological polar surface area (TPSA) is 97.8 Å². The van der Waals surface area contributed by atoms with Crippen molar-refractivity contribution in [3.05, 3.63) is 36.8 Å². The molecule has 148 valence electrons. The molecule has 3 aromatic rings. The lowest BCUT2D eigenvalue weighted by Gasteiger charge is -2.44. The van der Waals surface area contributed by atoms with Crippen LogP contribution in [-0.2, 0) is 0 Å². The summed E-state index contributed by atoms with van der Waals surface area (Å²) in [5.74, 6) is 1.80. The van der Waals surface area contributed by atoms with E-state index in [1.54, 1.807) is 17.4 Å². The van der Waals surface area contributed by atoms with Crippen LogP contribution >= 0.6 is 0 Å². The standard InChI is InChI=1S/C21H24N8/c1-2-16-19(23)27(12-22)18-11-24-21(26-20(18)29(16)14-7-3-4-8-14)28-13-25-15-9-5-6-10-17(15)28/h5-6,9-14,16,22-23H,2-4,7-8H2,1H3. The zero-order valence-electron chi connectivity index (χ0n) is 16.4. The fourth-order valence-corrected chi connectivity index (χ4v) is 4.66. The molecule has 1 unspecified atom stereocenters. The molecule has 0 radical (unpaired) electrons. The van der Waals surface area contributed by atoms with E-state index in [1.807, 2.05) is 28.8 Å². The summed E-state index contributed by atoms with van der Waals surface area (Å²) in [6.07, 6.45) is 10.1. The normalized spacial score (nSPS) is 19.8. The maximum absolute atomic E-state index is 8.69. The number of nitrogens with one attached hydrogen (secondary N) is 2. The fourth-order valence-electron chi connectivity index (χ4n) is 4.66. The summed E-state index contributed by atoms with van der Waals surface area (Å²) in [6, 6.07) is 8.21. The first-order chi connectivity index (χ1) is 14.2. The Bertz CT molecular complexity index is 1080. The predicted octanol–water partition coefficient (Wildman–Crippen LogP) is 3.75. The minimum Gasteiger partial charge on any atom is -0.342 e. The zero-order chi connectivity index (χ0) is 20.0. The Hall–Kier alpha value is -3.29. The van der Waals surface area contributed by atoms with Gasteiger partial charge in [0.25, 0.3) is 0 Å². The summed E-state index contributed by atoms with van der Waals surface area (Å²) < 4.78 is 1.90. The number of nitrogens with zero attached hydrogens (tertiary/aromatic N) is 6. The van der Waals surface area contributed by atoms with Gasteiger partial charge < -0.3 is 4.90 Å². The van der Waals surface area contributed by atoms with Crippen LogP contribution in [0.2, 0.25) is 0 Å². The van der Waals surface area contributed by atoms with Gasteiger partial charge in [0.1, 0.15) is 17.9 Å². The van der Waals surface area contributed by atoms with E-state index in [2.05, 4.69) is 21.8 Å². The summed E-state index contributed by atoms with van der Waals surface area (Å²) in [4.78, 5) is 17.9. The number of hydrogen-bond donors (Lipinski definition) is 2. The van der Waals surface area contributed by atoms with Gasteiger partial charge in [-0.3, -0.25) is 20.3 Å². The lowest BCUT2D eigenvalue weighted by atomic mass is 10.0. The van der Waals surface area contributed by atoms with Gasteiger partial charge in [-0.2, -0.15) is 4.98 Å². The molecule has 1 aromatic carbocycles. The molecule has 1 fully saturated rings. The Balaban J connectivity index is 1.69. The van der Waals surface area contributed by atoms with Gasteiger partial charge in [0.15, 0.2) is 5.82 Å². The molecule has 0 spiro atoms. The Kier molecular flexibility index (Phi) is 4.26. The largest absolute Gasteiger partial charge is 0.342 e. The van der Waals surface area contributed by atoms with E-state index in [9.17, 15) is 0 Å². The van der Waals surface area contributed by atoms with Crippen molar-refractivity contribution < 1.29 is 0 Å². The molecule has 2 aromatic heterocycles. The number of imidazole rings is 1. The lowest BCUT2D eigenvalue weighted by molar-refractivity contribution is 0.547. The highest BCUT2D eigenvalue weighted by Gasteiger charge is 2.40. The van der Waals surface area contributed by atoms with Crippen LogP contribution in [-0.4, -0.2) is 43.8 Å². The van der Waals surface area contributed by atoms with Gasteiger partial charge in [-0.05, 0) is 31.4 Å². The molecule has 0 amide bonds.